The van der Waals surface area contributed by atoms with Crippen LogP contribution in [0.5, 0.6) is 5.75 Å². The molecule has 3 aromatic carbocycles. The van der Waals surface area contributed by atoms with Gasteiger partial charge in [-0.15, -0.1) is 0 Å². The highest BCUT2D eigenvalue weighted by Gasteiger charge is 2.11. The number of rotatable bonds is 7. The van der Waals surface area contributed by atoms with Crippen LogP contribution in [-0.2, 0) is 11.3 Å². The second-order valence-corrected chi connectivity index (χ2v) is 7.03. The molecule has 0 unspecified atom stereocenters. The van der Waals surface area contributed by atoms with Gasteiger partial charge in [0.2, 0.25) is 0 Å². The van der Waals surface area contributed by atoms with Crippen molar-refractivity contribution in [3.05, 3.63) is 94.5 Å². The lowest BCUT2D eigenvalue weighted by Gasteiger charge is -2.10. The van der Waals surface area contributed by atoms with Crippen molar-refractivity contribution in [2.24, 2.45) is 0 Å². The standard InChI is InChI=1S/C24H21ClN2O5/c1-2-31-24(30)32-19-12-10-17(11-13-19)22(28)26-15-16-6-5-7-18(14-16)27-23(29)20-8-3-4-9-21(20)25/h3-14H,2,15H2,1H3,(H,26,28)(H,27,29). The Bertz CT molecular complexity index is 1120. The van der Waals surface area contributed by atoms with E-state index in [9.17, 15) is 14.4 Å². The van der Waals surface area contributed by atoms with Crippen molar-refractivity contribution in [3.8, 4) is 5.75 Å². The van der Waals surface area contributed by atoms with E-state index in [1.807, 2.05) is 6.07 Å². The molecule has 0 aliphatic heterocycles. The smallest absolute Gasteiger partial charge is 0.434 e. The fourth-order valence-corrected chi connectivity index (χ4v) is 3.03. The zero-order valence-corrected chi connectivity index (χ0v) is 18.0. The van der Waals surface area contributed by atoms with Crippen LogP contribution in [0.15, 0.2) is 72.8 Å². The van der Waals surface area contributed by atoms with E-state index in [0.717, 1.165) is 5.56 Å². The molecule has 0 radical (unpaired) electrons. The third-order valence-electron chi connectivity index (χ3n) is 4.34. The van der Waals surface area contributed by atoms with Crippen LogP contribution in [0.3, 0.4) is 0 Å². The molecule has 2 amide bonds. The fraction of sp³-hybridized carbons (Fsp3) is 0.125. The van der Waals surface area contributed by atoms with Crippen LogP contribution in [0.4, 0.5) is 10.5 Å². The summed E-state index contributed by atoms with van der Waals surface area (Å²) in [7, 11) is 0. The molecule has 0 saturated carbocycles. The zero-order chi connectivity index (χ0) is 22.9. The molecule has 0 aromatic heterocycles. The Morgan fingerprint density at radius 1 is 0.906 bits per heavy atom. The maximum atomic E-state index is 12.4. The number of carbonyl (C=O) groups is 3. The van der Waals surface area contributed by atoms with Crippen LogP contribution in [0.25, 0.3) is 0 Å². The minimum absolute atomic E-state index is 0.213. The molecule has 0 fully saturated rings. The van der Waals surface area contributed by atoms with Crippen molar-refractivity contribution < 1.29 is 23.9 Å². The monoisotopic (exact) mass is 452 g/mol. The van der Waals surface area contributed by atoms with Gasteiger partial charge >= 0.3 is 6.16 Å². The molecule has 0 saturated heterocycles. The molecule has 8 heteroatoms. The van der Waals surface area contributed by atoms with Crippen molar-refractivity contribution in [2.45, 2.75) is 13.5 Å². The molecule has 2 N–H and O–H groups in total. The maximum Gasteiger partial charge on any atom is 0.513 e. The number of halogens is 1. The Morgan fingerprint density at radius 3 is 2.38 bits per heavy atom. The molecule has 7 nitrogen and oxygen atoms in total. The first-order valence-corrected chi connectivity index (χ1v) is 10.2. The Hall–Kier alpha value is -3.84. The normalized spacial score (nSPS) is 10.2. The lowest BCUT2D eigenvalue weighted by molar-refractivity contribution is 0.0950. The van der Waals surface area contributed by atoms with Gasteiger partial charge in [-0.3, -0.25) is 9.59 Å². The minimum atomic E-state index is -0.800. The average molecular weight is 453 g/mol. The first-order chi connectivity index (χ1) is 15.5. The van der Waals surface area contributed by atoms with Crippen LogP contribution in [0, 0.1) is 0 Å². The van der Waals surface area contributed by atoms with Gasteiger partial charge in [-0.2, -0.15) is 0 Å². The summed E-state index contributed by atoms with van der Waals surface area (Å²) in [5.74, 6) is -0.331. The molecule has 0 spiro atoms. The van der Waals surface area contributed by atoms with E-state index in [1.165, 1.54) is 12.1 Å². The number of ether oxygens (including phenoxy) is 2. The van der Waals surface area contributed by atoms with E-state index in [1.54, 1.807) is 61.5 Å². The predicted octanol–water partition coefficient (Wildman–Crippen LogP) is 5.06. The minimum Gasteiger partial charge on any atom is -0.434 e. The number of hydrogen-bond acceptors (Lipinski definition) is 5. The molecular weight excluding hydrogens is 432 g/mol. The van der Waals surface area contributed by atoms with E-state index >= 15 is 0 Å². The van der Waals surface area contributed by atoms with Gasteiger partial charge in [0.25, 0.3) is 11.8 Å². The van der Waals surface area contributed by atoms with Gasteiger partial charge in [-0.25, -0.2) is 4.79 Å². The molecule has 0 aliphatic rings. The first kappa shape index (κ1) is 22.8. The second kappa shape index (κ2) is 11.0. The highest BCUT2D eigenvalue weighted by atomic mass is 35.5. The van der Waals surface area contributed by atoms with E-state index < -0.39 is 6.16 Å². The number of anilines is 1. The van der Waals surface area contributed by atoms with Gasteiger partial charge in [0.1, 0.15) is 5.75 Å². The number of nitrogens with one attached hydrogen (secondary N) is 2. The molecule has 0 heterocycles. The second-order valence-electron chi connectivity index (χ2n) is 6.63. The molecule has 0 bridgehead atoms. The summed E-state index contributed by atoms with van der Waals surface area (Å²) < 4.78 is 9.67. The summed E-state index contributed by atoms with van der Waals surface area (Å²) in [5.41, 5.74) is 2.17. The number of carbonyl (C=O) groups excluding carboxylic acids is 3. The summed E-state index contributed by atoms with van der Waals surface area (Å²) in [4.78, 5) is 36.2. The molecule has 3 aromatic rings. The van der Waals surface area contributed by atoms with Gasteiger partial charge in [-0.1, -0.05) is 35.9 Å². The summed E-state index contributed by atoms with van der Waals surface area (Å²) in [6.45, 7) is 2.15. The SMILES string of the molecule is CCOC(=O)Oc1ccc(C(=O)NCc2cccc(NC(=O)c3ccccc3Cl)c2)cc1. The number of amides is 2. The van der Waals surface area contributed by atoms with E-state index in [0.29, 0.717) is 21.8 Å². The van der Waals surface area contributed by atoms with E-state index in [2.05, 4.69) is 10.6 Å². The molecule has 0 aliphatic carbocycles. The van der Waals surface area contributed by atoms with Crippen molar-refractivity contribution in [2.75, 3.05) is 11.9 Å². The van der Waals surface area contributed by atoms with Crippen molar-refractivity contribution in [1.29, 1.82) is 0 Å². The van der Waals surface area contributed by atoms with E-state index in [-0.39, 0.29) is 30.7 Å². The largest absolute Gasteiger partial charge is 0.513 e. The lowest BCUT2D eigenvalue weighted by atomic mass is 10.1. The summed E-state index contributed by atoms with van der Waals surface area (Å²) >= 11 is 6.07. The zero-order valence-electron chi connectivity index (χ0n) is 17.3. The van der Waals surface area contributed by atoms with Crippen LogP contribution in [-0.4, -0.2) is 24.6 Å². The maximum absolute atomic E-state index is 12.4. The Morgan fingerprint density at radius 2 is 1.66 bits per heavy atom. The fourth-order valence-electron chi connectivity index (χ4n) is 2.81. The van der Waals surface area contributed by atoms with Gasteiger partial charge < -0.3 is 20.1 Å². The van der Waals surface area contributed by atoms with Gasteiger partial charge in [0, 0.05) is 17.8 Å². The highest BCUT2D eigenvalue weighted by Crippen LogP contribution is 2.18. The van der Waals surface area contributed by atoms with Crippen molar-refractivity contribution in [3.63, 3.8) is 0 Å². The van der Waals surface area contributed by atoms with E-state index in [4.69, 9.17) is 21.1 Å². The topological polar surface area (TPSA) is 93.7 Å². The average Bonchev–Trinajstić information content (AvgIpc) is 2.78. The first-order valence-electron chi connectivity index (χ1n) is 9.84. The van der Waals surface area contributed by atoms with Gasteiger partial charge in [-0.05, 0) is 61.0 Å². The summed E-state index contributed by atoms with van der Waals surface area (Å²) in [6.07, 6.45) is -0.800. The Kier molecular flexibility index (Phi) is 7.83. The Balaban J connectivity index is 1.56. The summed E-state index contributed by atoms with van der Waals surface area (Å²) in [5, 5.41) is 5.98. The van der Waals surface area contributed by atoms with Crippen LogP contribution < -0.4 is 15.4 Å². The third-order valence-corrected chi connectivity index (χ3v) is 4.67. The molecule has 0 atom stereocenters. The Labute approximate surface area is 190 Å². The molecule has 164 valence electrons. The number of benzene rings is 3. The van der Waals surface area contributed by atoms with Crippen LogP contribution in [0.1, 0.15) is 33.2 Å². The van der Waals surface area contributed by atoms with Gasteiger partial charge in [0.15, 0.2) is 0 Å². The third kappa shape index (κ3) is 6.33. The summed E-state index contributed by atoms with van der Waals surface area (Å²) in [6, 6.07) is 20.0. The van der Waals surface area contributed by atoms with Crippen LogP contribution >= 0.6 is 11.6 Å². The number of hydrogen-bond donors (Lipinski definition) is 2. The molecular formula is C24H21ClN2O5. The highest BCUT2D eigenvalue weighted by molar-refractivity contribution is 6.34. The van der Waals surface area contributed by atoms with Crippen molar-refractivity contribution >= 4 is 35.3 Å². The lowest BCUT2D eigenvalue weighted by Crippen LogP contribution is -2.22. The molecule has 32 heavy (non-hydrogen) atoms. The molecule has 3 rings (SSSR count). The van der Waals surface area contributed by atoms with Crippen LogP contribution in [0.2, 0.25) is 5.02 Å². The van der Waals surface area contributed by atoms with Gasteiger partial charge in [0.05, 0.1) is 17.2 Å². The quantitative estimate of drug-likeness (QED) is 0.386. The van der Waals surface area contributed by atoms with Crippen molar-refractivity contribution in [1.82, 2.24) is 5.32 Å². The predicted molar refractivity (Wildman–Crippen MR) is 121 cm³/mol.